The molecule has 3 aromatic rings. The van der Waals surface area contributed by atoms with Crippen LogP contribution in [0.2, 0.25) is 0 Å². The standard InChI is InChI=1S/C21H24N4OS/c1-24-14-18(13-22-24)20-23-19(15-27-20)21(26)25-11-9-17(10-12-25)8-7-16-5-3-2-4-6-16/h2-6,13-15,17H,7-12H2,1H3. The van der Waals surface area contributed by atoms with E-state index in [9.17, 15) is 4.79 Å². The van der Waals surface area contributed by atoms with Crippen molar-refractivity contribution in [2.45, 2.75) is 25.7 Å². The lowest BCUT2D eigenvalue weighted by Crippen LogP contribution is -2.38. The van der Waals surface area contributed by atoms with Crippen molar-refractivity contribution in [2.24, 2.45) is 13.0 Å². The molecule has 0 spiro atoms. The normalized spacial score (nSPS) is 15.2. The molecule has 1 saturated heterocycles. The predicted molar refractivity (Wildman–Crippen MR) is 108 cm³/mol. The van der Waals surface area contributed by atoms with E-state index in [1.807, 2.05) is 23.5 Å². The molecule has 5 nitrogen and oxygen atoms in total. The lowest BCUT2D eigenvalue weighted by Gasteiger charge is -2.31. The molecule has 0 bridgehead atoms. The number of hydrogen-bond acceptors (Lipinski definition) is 4. The number of nitrogens with zero attached hydrogens (tertiary/aromatic N) is 4. The number of carbonyl (C=O) groups is 1. The SMILES string of the molecule is Cn1cc(-c2nc(C(=O)N3CCC(CCc4ccccc4)CC3)cs2)cn1. The number of carbonyl (C=O) groups excluding carboxylic acids is 1. The van der Waals surface area contributed by atoms with Gasteiger partial charge in [-0.1, -0.05) is 30.3 Å². The Morgan fingerprint density at radius 2 is 2.00 bits per heavy atom. The maximum absolute atomic E-state index is 12.8. The van der Waals surface area contributed by atoms with Gasteiger partial charge in [0.25, 0.3) is 5.91 Å². The number of hydrogen-bond donors (Lipinski definition) is 0. The average Bonchev–Trinajstić information content (AvgIpc) is 3.36. The molecule has 6 heteroatoms. The summed E-state index contributed by atoms with van der Waals surface area (Å²) in [5.74, 6) is 0.763. The minimum atomic E-state index is 0.0582. The second kappa shape index (κ2) is 8.05. The largest absolute Gasteiger partial charge is 0.337 e. The number of benzene rings is 1. The van der Waals surface area contributed by atoms with Gasteiger partial charge in [0.1, 0.15) is 10.7 Å². The van der Waals surface area contributed by atoms with Crippen LogP contribution in [-0.4, -0.2) is 38.7 Å². The number of likely N-dealkylation sites (tertiary alicyclic amines) is 1. The molecule has 0 atom stereocenters. The average molecular weight is 381 g/mol. The van der Waals surface area contributed by atoms with E-state index in [2.05, 4.69) is 40.4 Å². The van der Waals surface area contributed by atoms with Crippen LogP contribution in [0.4, 0.5) is 0 Å². The maximum Gasteiger partial charge on any atom is 0.273 e. The first-order valence-corrected chi connectivity index (χ1v) is 10.3. The van der Waals surface area contributed by atoms with Crippen molar-refractivity contribution >= 4 is 17.2 Å². The predicted octanol–water partition coefficient (Wildman–Crippen LogP) is 4.03. The van der Waals surface area contributed by atoms with Gasteiger partial charge in [-0.25, -0.2) is 4.98 Å². The summed E-state index contributed by atoms with van der Waals surface area (Å²) < 4.78 is 1.75. The number of piperidine rings is 1. The van der Waals surface area contributed by atoms with E-state index in [-0.39, 0.29) is 5.91 Å². The summed E-state index contributed by atoms with van der Waals surface area (Å²) in [5, 5.41) is 6.89. The van der Waals surface area contributed by atoms with E-state index in [4.69, 9.17) is 0 Å². The van der Waals surface area contributed by atoms with Crippen molar-refractivity contribution in [1.29, 1.82) is 0 Å². The molecule has 1 aliphatic heterocycles. The van der Waals surface area contributed by atoms with Gasteiger partial charge in [0.05, 0.1) is 6.20 Å². The van der Waals surface area contributed by atoms with Crippen molar-refractivity contribution in [3.63, 3.8) is 0 Å². The first kappa shape index (κ1) is 17.9. The molecular formula is C21H24N4OS. The third-order valence-corrected chi connectivity index (χ3v) is 6.15. The zero-order valence-corrected chi connectivity index (χ0v) is 16.4. The molecule has 1 fully saturated rings. The molecule has 27 heavy (non-hydrogen) atoms. The van der Waals surface area contributed by atoms with Crippen molar-refractivity contribution in [2.75, 3.05) is 13.1 Å². The number of aromatic nitrogens is 3. The first-order valence-electron chi connectivity index (χ1n) is 9.47. The molecule has 0 aliphatic carbocycles. The van der Waals surface area contributed by atoms with E-state index in [1.165, 1.54) is 23.3 Å². The third-order valence-electron chi connectivity index (χ3n) is 5.26. The Morgan fingerprint density at radius 3 is 2.70 bits per heavy atom. The molecule has 1 aliphatic rings. The van der Waals surface area contributed by atoms with Crippen LogP contribution in [0.5, 0.6) is 0 Å². The van der Waals surface area contributed by atoms with Gasteiger partial charge in [-0.05, 0) is 37.2 Å². The molecule has 140 valence electrons. The lowest BCUT2D eigenvalue weighted by atomic mass is 9.90. The van der Waals surface area contributed by atoms with Gasteiger partial charge in [-0.3, -0.25) is 9.48 Å². The highest BCUT2D eigenvalue weighted by molar-refractivity contribution is 7.13. The summed E-state index contributed by atoms with van der Waals surface area (Å²) >= 11 is 1.50. The van der Waals surface area contributed by atoms with E-state index in [0.29, 0.717) is 11.6 Å². The molecule has 1 amide bonds. The molecule has 0 N–H and O–H groups in total. The number of amides is 1. The fourth-order valence-corrected chi connectivity index (χ4v) is 4.41. The van der Waals surface area contributed by atoms with E-state index in [1.54, 1.807) is 10.9 Å². The summed E-state index contributed by atoms with van der Waals surface area (Å²) in [7, 11) is 1.88. The molecular weight excluding hydrogens is 356 g/mol. The number of aryl methyl sites for hydroxylation is 2. The van der Waals surface area contributed by atoms with Crippen LogP contribution in [0.1, 0.15) is 35.3 Å². The quantitative estimate of drug-likeness (QED) is 0.671. The Morgan fingerprint density at radius 1 is 1.22 bits per heavy atom. The topological polar surface area (TPSA) is 51.0 Å². The van der Waals surface area contributed by atoms with Gasteiger partial charge in [0.15, 0.2) is 0 Å². The summed E-state index contributed by atoms with van der Waals surface area (Å²) in [6.07, 6.45) is 8.20. The van der Waals surface area contributed by atoms with Crippen LogP contribution >= 0.6 is 11.3 Å². The maximum atomic E-state index is 12.8. The number of thiazole rings is 1. The Kier molecular flexibility index (Phi) is 5.34. The molecule has 0 saturated carbocycles. The fraction of sp³-hybridized carbons (Fsp3) is 0.381. The zero-order chi connectivity index (χ0) is 18.6. The van der Waals surface area contributed by atoms with Gasteiger partial charge < -0.3 is 4.90 Å². The van der Waals surface area contributed by atoms with Gasteiger partial charge in [0.2, 0.25) is 0 Å². The van der Waals surface area contributed by atoms with Crippen molar-refractivity contribution in [3.05, 3.63) is 59.4 Å². The van der Waals surface area contributed by atoms with Crippen LogP contribution in [0.3, 0.4) is 0 Å². The summed E-state index contributed by atoms with van der Waals surface area (Å²) in [6, 6.07) is 10.7. The molecule has 0 unspecified atom stereocenters. The molecule has 0 radical (unpaired) electrons. The monoisotopic (exact) mass is 380 g/mol. The van der Waals surface area contributed by atoms with Crippen molar-refractivity contribution < 1.29 is 4.79 Å². The smallest absolute Gasteiger partial charge is 0.273 e. The number of rotatable bonds is 5. The second-order valence-electron chi connectivity index (χ2n) is 7.20. The van der Waals surface area contributed by atoms with Crippen LogP contribution < -0.4 is 0 Å². The highest BCUT2D eigenvalue weighted by atomic mass is 32.1. The fourth-order valence-electron chi connectivity index (χ4n) is 3.64. The van der Waals surface area contributed by atoms with Crippen LogP contribution in [0.15, 0.2) is 48.1 Å². The Bertz CT molecular complexity index is 894. The van der Waals surface area contributed by atoms with E-state index < -0.39 is 0 Å². The van der Waals surface area contributed by atoms with E-state index in [0.717, 1.165) is 42.9 Å². The summed E-state index contributed by atoms with van der Waals surface area (Å²) in [4.78, 5) is 19.3. The van der Waals surface area contributed by atoms with Crippen LogP contribution in [-0.2, 0) is 13.5 Å². The van der Waals surface area contributed by atoms with Crippen LogP contribution in [0.25, 0.3) is 10.6 Å². The Hall–Kier alpha value is -2.47. The lowest BCUT2D eigenvalue weighted by molar-refractivity contribution is 0.0682. The van der Waals surface area contributed by atoms with Gasteiger partial charge >= 0.3 is 0 Å². The highest BCUT2D eigenvalue weighted by Crippen LogP contribution is 2.26. The van der Waals surface area contributed by atoms with Gasteiger partial charge in [0, 0.05) is 37.3 Å². The minimum absolute atomic E-state index is 0.0582. The molecule has 3 heterocycles. The Labute approximate surface area is 163 Å². The molecule has 4 rings (SSSR count). The van der Waals surface area contributed by atoms with Crippen molar-refractivity contribution in [3.8, 4) is 10.6 Å². The highest BCUT2D eigenvalue weighted by Gasteiger charge is 2.25. The van der Waals surface area contributed by atoms with Crippen molar-refractivity contribution in [1.82, 2.24) is 19.7 Å². The van der Waals surface area contributed by atoms with E-state index >= 15 is 0 Å². The third kappa shape index (κ3) is 4.27. The Balaban J connectivity index is 1.30. The van der Waals surface area contributed by atoms with Gasteiger partial charge in [-0.15, -0.1) is 11.3 Å². The minimum Gasteiger partial charge on any atom is -0.337 e. The zero-order valence-electron chi connectivity index (χ0n) is 15.5. The summed E-state index contributed by atoms with van der Waals surface area (Å²) in [5.41, 5.74) is 2.92. The molecule has 1 aromatic carbocycles. The van der Waals surface area contributed by atoms with Gasteiger partial charge in [-0.2, -0.15) is 5.10 Å². The summed E-state index contributed by atoms with van der Waals surface area (Å²) in [6.45, 7) is 1.66. The van der Waals surface area contributed by atoms with Crippen LogP contribution in [0, 0.1) is 5.92 Å². The first-order chi connectivity index (χ1) is 13.2. The second-order valence-corrected chi connectivity index (χ2v) is 8.06. The molecule has 2 aromatic heterocycles.